The number of hydrogen-bond donors (Lipinski definition) is 2. The summed E-state index contributed by atoms with van der Waals surface area (Å²) >= 11 is 5.95. The summed E-state index contributed by atoms with van der Waals surface area (Å²) < 4.78 is 35.6. The van der Waals surface area contributed by atoms with Crippen molar-refractivity contribution in [3.63, 3.8) is 0 Å². The van der Waals surface area contributed by atoms with E-state index in [9.17, 15) is 23.5 Å². The molecule has 0 bridgehead atoms. The molecule has 3 aliphatic rings. The number of nitrogens with zero attached hydrogens (tertiary/aromatic N) is 1. The Morgan fingerprint density at radius 1 is 1.09 bits per heavy atom. The molecule has 0 aromatic heterocycles. The number of hydrogen-bond acceptors (Lipinski definition) is 5. The molecule has 0 spiro atoms. The van der Waals surface area contributed by atoms with Crippen molar-refractivity contribution in [2.45, 2.75) is 37.4 Å². The summed E-state index contributed by atoms with van der Waals surface area (Å²) in [6.45, 7) is 0. The summed E-state index contributed by atoms with van der Waals surface area (Å²) in [6.07, 6.45) is 0.342. The maximum atomic E-state index is 13.3. The highest BCUT2D eigenvalue weighted by molar-refractivity contribution is 6.33. The average molecular weight is 475 g/mol. The molecule has 0 radical (unpaired) electrons. The number of carboxylic acids is 1. The van der Waals surface area contributed by atoms with Crippen molar-refractivity contribution >= 4 is 29.2 Å². The quantitative estimate of drug-likeness (QED) is 0.658. The van der Waals surface area contributed by atoms with Crippen LogP contribution in [0.1, 0.15) is 47.2 Å². The van der Waals surface area contributed by atoms with Crippen molar-refractivity contribution in [3.8, 4) is 11.5 Å². The summed E-state index contributed by atoms with van der Waals surface area (Å²) in [7, 11) is 0. The molecule has 2 aliphatic heterocycles. The summed E-state index contributed by atoms with van der Waals surface area (Å²) in [5.74, 6) is -1.27. The maximum Gasteiger partial charge on any atom is 0.586 e. The van der Waals surface area contributed by atoms with Gasteiger partial charge in [0.05, 0.1) is 21.7 Å². The van der Waals surface area contributed by atoms with Gasteiger partial charge in [-0.15, -0.1) is 8.78 Å². The van der Waals surface area contributed by atoms with E-state index >= 15 is 0 Å². The molecule has 2 aromatic carbocycles. The normalized spacial score (nSPS) is 19.4. The minimum absolute atomic E-state index is 0.0256. The number of aliphatic imine (C=N–C) groups is 1. The fourth-order valence-corrected chi connectivity index (χ4v) is 4.20. The van der Waals surface area contributed by atoms with Crippen LogP contribution in [0.2, 0.25) is 5.02 Å². The molecule has 5 rings (SSSR count). The smallest absolute Gasteiger partial charge is 0.478 e. The van der Waals surface area contributed by atoms with E-state index in [1.807, 2.05) is 0 Å². The molecule has 1 aliphatic carbocycles. The van der Waals surface area contributed by atoms with Gasteiger partial charge in [0.2, 0.25) is 5.91 Å². The lowest BCUT2D eigenvalue weighted by atomic mass is 9.94. The van der Waals surface area contributed by atoms with Gasteiger partial charge in [0.1, 0.15) is 5.82 Å². The van der Waals surface area contributed by atoms with E-state index in [4.69, 9.17) is 11.6 Å². The molecule has 33 heavy (non-hydrogen) atoms. The third-order valence-electron chi connectivity index (χ3n) is 5.88. The molecule has 2 aromatic rings. The SMILES string of the molecule is O=C(O)c1cc(C2=NC(NC(=O)C3(c4ccc5c(c4)OC(F)(F)O5)CC3)=CCC2)ccc1Cl. The Kier molecular flexibility index (Phi) is 4.89. The molecule has 2 heterocycles. The molecule has 1 fully saturated rings. The highest BCUT2D eigenvalue weighted by Crippen LogP contribution is 2.52. The zero-order valence-electron chi connectivity index (χ0n) is 17.0. The van der Waals surface area contributed by atoms with Gasteiger partial charge in [-0.25, -0.2) is 9.79 Å². The second-order valence-electron chi connectivity index (χ2n) is 8.05. The van der Waals surface area contributed by atoms with Crippen LogP contribution in [0, 0.1) is 0 Å². The van der Waals surface area contributed by atoms with Gasteiger partial charge in [-0.3, -0.25) is 4.79 Å². The van der Waals surface area contributed by atoms with Crippen molar-refractivity contribution in [2.75, 3.05) is 0 Å². The third kappa shape index (κ3) is 3.93. The first-order chi connectivity index (χ1) is 15.7. The van der Waals surface area contributed by atoms with Crippen molar-refractivity contribution < 1.29 is 33.0 Å². The Hall–Kier alpha value is -3.46. The van der Waals surface area contributed by atoms with Gasteiger partial charge in [0, 0.05) is 0 Å². The second-order valence-corrected chi connectivity index (χ2v) is 8.46. The number of halogens is 3. The number of rotatable bonds is 5. The number of alkyl halides is 2. The molecular weight excluding hydrogens is 458 g/mol. The van der Waals surface area contributed by atoms with Crippen LogP contribution in [0.25, 0.3) is 0 Å². The van der Waals surface area contributed by atoms with Gasteiger partial charge in [-0.1, -0.05) is 23.7 Å². The Morgan fingerprint density at radius 3 is 2.58 bits per heavy atom. The van der Waals surface area contributed by atoms with Crippen molar-refractivity contribution in [3.05, 3.63) is 70.0 Å². The summed E-state index contributed by atoms with van der Waals surface area (Å²) in [6, 6.07) is 9.01. The van der Waals surface area contributed by atoms with E-state index in [2.05, 4.69) is 19.8 Å². The Labute approximate surface area is 191 Å². The lowest BCUT2D eigenvalue weighted by molar-refractivity contribution is -0.286. The zero-order valence-corrected chi connectivity index (χ0v) is 17.8. The molecule has 10 heteroatoms. The first kappa shape index (κ1) is 21.4. The number of nitrogens with one attached hydrogen (secondary N) is 1. The highest BCUT2D eigenvalue weighted by atomic mass is 35.5. The van der Waals surface area contributed by atoms with Gasteiger partial charge in [-0.2, -0.15) is 0 Å². The number of ether oxygens (including phenoxy) is 2. The topological polar surface area (TPSA) is 97.2 Å². The van der Waals surface area contributed by atoms with Gasteiger partial charge >= 0.3 is 12.3 Å². The number of fused-ring (bicyclic) bond motifs is 1. The predicted octanol–water partition coefficient (Wildman–Crippen LogP) is 4.63. The van der Waals surface area contributed by atoms with Crippen molar-refractivity contribution in [1.82, 2.24) is 5.32 Å². The molecular formula is C23H17ClF2N2O5. The van der Waals surface area contributed by atoms with Crippen LogP contribution in [0.4, 0.5) is 8.78 Å². The summed E-state index contributed by atoms with van der Waals surface area (Å²) in [5.41, 5.74) is 0.907. The Bertz CT molecular complexity index is 1250. The van der Waals surface area contributed by atoms with Gasteiger partial charge in [0.15, 0.2) is 11.5 Å². The molecule has 7 nitrogen and oxygen atoms in total. The monoisotopic (exact) mass is 474 g/mol. The lowest BCUT2D eigenvalue weighted by Crippen LogP contribution is -2.34. The van der Waals surface area contributed by atoms with Gasteiger partial charge in [0.25, 0.3) is 0 Å². The molecule has 2 N–H and O–H groups in total. The molecule has 1 saturated carbocycles. The fourth-order valence-electron chi connectivity index (χ4n) is 4.00. The van der Waals surface area contributed by atoms with Crippen LogP contribution in [0.3, 0.4) is 0 Å². The van der Waals surface area contributed by atoms with E-state index in [0.29, 0.717) is 48.3 Å². The van der Waals surface area contributed by atoms with Crippen molar-refractivity contribution in [1.29, 1.82) is 0 Å². The van der Waals surface area contributed by atoms with Gasteiger partial charge in [-0.05, 0) is 67.2 Å². The Morgan fingerprint density at radius 2 is 1.85 bits per heavy atom. The molecule has 1 amide bonds. The number of aromatic carboxylic acids is 1. The second kappa shape index (κ2) is 7.55. The minimum Gasteiger partial charge on any atom is -0.478 e. The largest absolute Gasteiger partial charge is 0.586 e. The van der Waals surface area contributed by atoms with Crippen LogP contribution in [0.15, 0.2) is 53.3 Å². The first-order valence-electron chi connectivity index (χ1n) is 10.2. The number of amides is 1. The standard InChI is InChI=1S/C23H17ClF2N2O5/c24-15-6-4-12(10-14(15)20(29)30)16-2-1-3-19(27-16)28-21(31)22(8-9-22)13-5-7-17-18(11-13)33-23(25,26)32-17/h3-7,10-11H,1-2,8-9H2,(H,28,31)(H,29,30). The van der Waals surface area contributed by atoms with E-state index < -0.39 is 17.7 Å². The first-order valence-corrected chi connectivity index (χ1v) is 10.6. The molecule has 0 unspecified atom stereocenters. The minimum atomic E-state index is -3.72. The summed E-state index contributed by atoms with van der Waals surface area (Å²) in [5, 5.41) is 12.3. The third-order valence-corrected chi connectivity index (χ3v) is 6.21. The van der Waals surface area contributed by atoms with E-state index in [1.54, 1.807) is 18.2 Å². The fraction of sp³-hybridized carbons (Fsp3) is 0.261. The van der Waals surface area contributed by atoms with Crippen LogP contribution >= 0.6 is 11.6 Å². The molecule has 0 saturated heterocycles. The van der Waals surface area contributed by atoms with Gasteiger partial charge < -0.3 is 19.9 Å². The van der Waals surface area contributed by atoms with E-state index in [-0.39, 0.29) is 28.0 Å². The van der Waals surface area contributed by atoms with Crippen molar-refractivity contribution in [2.24, 2.45) is 4.99 Å². The zero-order chi connectivity index (χ0) is 23.4. The van der Waals surface area contributed by atoms with E-state index in [0.717, 1.165) is 0 Å². The number of benzene rings is 2. The highest BCUT2D eigenvalue weighted by Gasteiger charge is 2.53. The van der Waals surface area contributed by atoms with Crippen LogP contribution in [-0.4, -0.2) is 29.0 Å². The Balaban J connectivity index is 1.35. The molecule has 0 atom stereocenters. The predicted molar refractivity (Wildman–Crippen MR) is 114 cm³/mol. The lowest BCUT2D eigenvalue weighted by Gasteiger charge is -2.19. The number of carbonyl (C=O) groups is 2. The number of carboxylic acid groups (broad SMARTS) is 1. The average Bonchev–Trinajstić information content (AvgIpc) is 3.51. The van der Waals surface area contributed by atoms with Crippen LogP contribution < -0.4 is 14.8 Å². The summed E-state index contributed by atoms with van der Waals surface area (Å²) in [4.78, 5) is 29.0. The van der Waals surface area contributed by atoms with E-state index in [1.165, 1.54) is 24.3 Å². The number of carbonyl (C=O) groups excluding carboxylic acids is 1. The maximum absolute atomic E-state index is 13.3. The van der Waals surface area contributed by atoms with Crippen LogP contribution in [-0.2, 0) is 10.2 Å². The molecule has 170 valence electrons. The number of allylic oxidation sites excluding steroid dienone is 1. The van der Waals surface area contributed by atoms with Crippen LogP contribution in [0.5, 0.6) is 11.5 Å².